The van der Waals surface area contributed by atoms with Crippen LogP contribution in [0.1, 0.15) is 68.1 Å². The van der Waals surface area contributed by atoms with E-state index in [0.29, 0.717) is 142 Å². The zero-order valence-corrected chi connectivity index (χ0v) is 40.0. The summed E-state index contributed by atoms with van der Waals surface area (Å²) in [7, 11) is 0. The zero-order chi connectivity index (χ0) is 50.7. The van der Waals surface area contributed by atoms with Crippen molar-refractivity contribution in [2.24, 2.45) is 5.73 Å². The number of rotatable bonds is 11. The van der Waals surface area contributed by atoms with Gasteiger partial charge < -0.3 is 71.8 Å². The lowest BCUT2D eigenvalue weighted by molar-refractivity contribution is -0.133. The highest BCUT2D eigenvalue weighted by molar-refractivity contribution is 5.89. The van der Waals surface area contributed by atoms with E-state index in [1.807, 2.05) is 12.1 Å². The highest BCUT2D eigenvalue weighted by atomic mass is 16.6. The van der Waals surface area contributed by atoms with Crippen LogP contribution in [0.4, 0.5) is 36.8 Å². The third-order valence-electron chi connectivity index (χ3n) is 12.6. The van der Waals surface area contributed by atoms with E-state index in [-0.39, 0.29) is 60.1 Å². The van der Waals surface area contributed by atoms with Gasteiger partial charge >= 0.3 is 24.3 Å². The van der Waals surface area contributed by atoms with Crippen molar-refractivity contribution in [2.45, 2.75) is 83.0 Å². The number of hydrogen-bond acceptors (Lipinski definition) is 15. The molecule has 4 aliphatic rings. The van der Waals surface area contributed by atoms with E-state index < -0.39 is 6.09 Å². The van der Waals surface area contributed by atoms with Gasteiger partial charge in [0.05, 0.1) is 0 Å². The van der Waals surface area contributed by atoms with Crippen LogP contribution in [0.3, 0.4) is 0 Å². The normalized spacial score (nSPS) is 18.4. The number of amides is 7. The minimum Gasteiger partial charge on any atom is -0.465 e. The number of carbonyl (C=O) groups excluding carboxylic acids is 5. The Morgan fingerprint density at radius 1 is 0.577 bits per heavy atom. The summed E-state index contributed by atoms with van der Waals surface area (Å²) >= 11 is 0. The minimum atomic E-state index is -0.954. The van der Waals surface area contributed by atoms with Crippen molar-refractivity contribution >= 4 is 59.7 Å². The lowest BCUT2D eigenvalue weighted by atomic mass is 9.96. The first-order valence-corrected chi connectivity index (χ1v) is 24.0. The van der Waals surface area contributed by atoms with Gasteiger partial charge in [-0.25, -0.2) is 39.1 Å². The molecule has 5 heterocycles. The van der Waals surface area contributed by atoms with Crippen molar-refractivity contribution in [1.82, 2.24) is 54.7 Å². The fourth-order valence-electron chi connectivity index (χ4n) is 8.44. The molecule has 7 amide bonds. The molecule has 10 N–H and O–H groups in total. The Morgan fingerprint density at radius 3 is 1.35 bits per heavy atom. The Kier molecular flexibility index (Phi) is 19.5. The van der Waals surface area contributed by atoms with E-state index in [1.54, 1.807) is 61.4 Å². The first-order chi connectivity index (χ1) is 34.2. The van der Waals surface area contributed by atoms with Crippen LogP contribution in [-0.2, 0) is 38.4 Å². The standard InChI is InChI=1S/C32H46N10O6.C14H20N6O3/c33-29-35-19-23(20-36-29)7-9-27(43)39-11-15-41(16-12-39)31(45)47-25-3-1-4-26(6-2-5-25)48-32(46)42-17-13-40(14-18-42)28(44)10-8-24-21-37-30(34)38-22-24;15-12(16)18-11-3-1-10(2-4-11)9-17-13(21)19-5-7-20(8-6-19)14(22)23/h19-22,25-26H,1-18H2,(H2,33,35,36)(H2,34,37,38);1-4H,5-9H2,(H,17,21)(H,22,23)(H4,15,16,18)/t25-,26+;. The summed E-state index contributed by atoms with van der Waals surface area (Å²) < 4.78 is 11.7. The number of nitrogens with zero attached hydrogens (tertiary/aromatic N) is 10. The predicted molar refractivity (Wildman–Crippen MR) is 259 cm³/mol. The Morgan fingerprint density at radius 2 is 0.958 bits per heavy atom. The molecule has 0 spiro atoms. The number of guanidine groups is 1. The molecule has 0 bridgehead atoms. The zero-order valence-electron chi connectivity index (χ0n) is 40.0. The van der Waals surface area contributed by atoms with Gasteiger partial charge in [-0.15, -0.1) is 0 Å². The van der Waals surface area contributed by atoms with E-state index in [4.69, 9.17) is 37.2 Å². The summed E-state index contributed by atoms with van der Waals surface area (Å²) in [6.45, 7) is 5.41. The van der Waals surface area contributed by atoms with Crippen LogP contribution in [0, 0.1) is 5.41 Å². The van der Waals surface area contributed by atoms with E-state index in [1.165, 1.54) is 4.90 Å². The monoisotopic (exact) mass is 987 g/mol. The van der Waals surface area contributed by atoms with Crippen molar-refractivity contribution < 1.29 is 43.3 Å². The number of ether oxygens (including phenoxy) is 2. The second-order valence-corrected chi connectivity index (χ2v) is 17.7. The van der Waals surface area contributed by atoms with Gasteiger partial charge in [0.2, 0.25) is 23.7 Å². The summed E-state index contributed by atoms with van der Waals surface area (Å²) in [5.41, 5.74) is 19.6. The maximum absolute atomic E-state index is 12.9. The fourth-order valence-corrected chi connectivity index (χ4v) is 8.44. The van der Waals surface area contributed by atoms with Crippen LogP contribution < -0.4 is 27.8 Å². The van der Waals surface area contributed by atoms with Gasteiger partial charge in [-0.3, -0.25) is 15.0 Å². The molecule has 0 radical (unpaired) electrons. The average molecular weight is 987 g/mol. The predicted octanol–water partition coefficient (Wildman–Crippen LogP) is 2.15. The van der Waals surface area contributed by atoms with Gasteiger partial charge in [0.1, 0.15) is 12.2 Å². The quantitative estimate of drug-likeness (QED) is 0.107. The van der Waals surface area contributed by atoms with Crippen LogP contribution in [0.25, 0.3) is 0 Å². The molecule has 25 nitrogen and oxygen atoms in total. The molecule has 3 aliphatic heterocycles. The number of benzene rings is 1. The number of nitrogens with one attached hydrogen (secondary N) is 3. The smallest absolute Gasteiger partial charge is 0.410 e. The number of anilines is 3. The number of carbonyl (C=O) groups is 6. The van der Waals surface area contributed by atoms with E-state index in [2.05, 4.69) is 30.6 Å². The summed E-state index contributed by atoms with van der Waals surface area (Å²) in [5.74, 6) is 0.340. The van der Waals surface area contributed by atoms with E-state index >= 15 is 0 Å². The van der Waals surface area contributed by atoms with Crippen molar-refractivity contribution in [1.29, 1.82) is 5.41 Å². The van der Waals surface area contributed by atoms with Crippen LogP contribution in [-0.4, -0.2) is 187 Å². The first kappa shape index (κ1) is 52.6. The number of hydrogen-bond donors (Lipinski definition) is 7. The van der Waals surface area contributed by atoms with Gasteiger partial charge in [0, 0.05) is 128 Å². The molecule has 0 unspecified atom stereocenters. The number of nitrogens with two attached hydrogens (primary N) is 3. The van der Waals surface area contributed by atoms with Crippen molar-refractivity contribution in [3.63, 3.8) is 0 Å². The minimum absolute atomic E-state index is 0.0325. The van der Waals surface area contributed by atoms with Gasteiger partial charge in [-0.1, -0.05) is 12.1 Å². The number of aromatic nitrogens is 4. The molecule has 1 saturated carbocycles. The number of nitrogen functional groups attached to an aromatic ring is 2. The molecule has 4 fully saturated rings. The van der Waals surface area contributed by atoms with Gasteiger partial charge in [0.15, 0.2) is 5.96 Å². The number of carboxylic acid groups (broad SMARTS) is 1. The Hall–Kier alpha value is -7.73. The third kappa shape index (κ3) is 17.0. The molecule has 2 aromatic heterocycles. The van der Waals surface area contributed by atoms with Crippen LogP contribution in [0.2, 0.25) is 0 Å². The average Bonchev–Trinajstić information content (AvgIpc) is 3.37. The first-order valence-electron chi connectivity index (χ1n) is 24.0. The summed E-state index contributed by atoms with van der Waals surface area (Å²) in [6.07, 6.45) is 10.6. The maximum Gasteiger partial charge on any atom is 0.410 e. The van der Waals surface area contributed by atoms with Gasteiger partial charge in [-0.05, 0) is 80.2 Å². The largest absolute Gasteiger partial charge is 0.465 e. The lowest BCUT2D eigenvalue weighted by Crippen LogP contribution is -2.52. The van der Waals surface area contributed by atoms with Crippen molar-refractivity contribution in [2.75, 3.05) is 95.3 Å². The Bertz CT molecular complexity index is 2140. The van der Waals surface area contributed by atoms with E-state index in [0.717, 1.165) is 29.5 Å². The molecule has 7 rings (SSSR count). The van der Waals surface area contributed by atoms with Gasteiger partial charge in [-0.2, -0.15) is 0 Å². The topological polar surface area (TPSA) is 338 Å². The number of urea groups is 1. The molecule has 1 aliphatic carbocycles. The lowest BCUT2D eigenvalue weighted by Gasteiger charge is -2.36. The van der Waals surface area contributed by atoms with Gasteiger partial charge in [0.25, 0.3) is 0 Å². The molecular weight excluding hydrogens is 921 g/mol. The van der Waals surface area contributed by atoms with Crippen molar-refractivity contribution in [3.8, 4) is 0 Å². The molecule has 0 atom stereocenters. The highest BCUT2D eigenvalue weighted by Crippen LogP contribution is 2.24. The number of aryl methyl sites for hydroxylation is 2. The Balaban J connectivity index is 0.000000300. The second kappa shape index (κ2) is 26.3. The summed E-state index contributed by atoms with van der Waals surface area (Å²) in [4.78, 5) is 99.6. The van der Waals surface area contributed by atoms with E-state index in [9.17, 15) is 28.8 Å². The molecule has 1 aromatic carbocycles. The Labute approximate surface area is 411 Å². The molecule has 3 aromatic rings. The number of piperazine rings is 3. The molecular formula is C46H66N16O9. The fraction of sp³-hybridized carbons (Fsp3) is 0.543. The summed E-state index contributed by atoms with van der Waals surface area (Å²) in [6, 6.07) is 6.99. The molecule has 384 valence electrons. The van der Waals surface area contributed by atoms with Crippen molar-refractivity contribution in [3.05, 3.63) is 65.7 Å². The highest BCUT2D eigenvalue weighted by Gasteiger charge is 2.30. The SMILES string of the molecule is N=C(N)Nc1ccc(CNC(=O)N2CCN(C(=O)O)CC2)cc1.Nc1ncc(CCC(=O)N2CCN(C(=O)O[C@H]3CCC[C@@H](OC(=O)N4CCN(C(=O)CCc5cnc(N)nc5)CC4)CCC3)CC2)cn1. The summed E-state index contributed by atoms with van der Waals surface area (Å²) in [5, 5.41) is 21.5. The van der Waals surface area contributed by atoms with Crippen LogP contribution in [0.5, 0.6) is 0 Å². The van der Waals surface area contributed by atoms with Crippen LogP contribution >= 0.6 is 0 Å². The molecule has 71 heavy (non-hydrogen) atoms. The second-order valence-electron chi connectivity index (χ2n) is 17.7. The maximum atomic E-state index is 12.9. The molecule has 25 heteroatoms. The molecule has 3 saturated heterocycles. The van der Waals surface area contributed by atoms with Crippen LogP contribution in [0.15, 0.2) is 49.1 Å². The third-order valence-corrected chi connectivity index (χ3v) is 12.6.